The highest BCUT2D eigenvalue weighted by Gasteiger charge is 2.05. The molecule has 0 fully saturated rings. The van der Waals surface area contributed by atoms with E-state index in [-0.39, 0.29) is 12.5 Å². The van der Waals surface area contributed by atoms with E-state index in [1.54, 1.807) is 35.2 Å². The first kappa shape index (κ1) is 20.4. The van der Waals surface area contributed by atoms with E-state index >= 15 is 0 Å². The lowest BCUT2D eigenvalue weighted by atomic mass is 10.2. The predicted molar refractivity (Wildman–Crippen MR) is 111 cm³/mol. The number of hydrogen-bond acceptors (Lipinski definition) is 4. The molecule has 0 atom stereocenters. The van der Waals surface area contributed by atoms with Gasteiger partial charge in [-0.1, -0.05) is 54.1 Å². The molecule has 0 bridgehead atoms. The average Bonchev–Trinajstić information content (AvgIpc) is 3.17. The van der Waals surface area contributed by atoms with Gasteiger partial charge in [-0.05, 0) is 29.3 Å². The van der Waals surface area contributed by atoms with Crippen molar-refractivity contribution >= 4 is 29.6 Å². The normalized spacial score (nSPS) is 10.8. The Morgan fingerprint density at radius 1 is 1.10 bits per heavy atom. The van der Waals surface area contributed by atoms with Gasteiger partial charge in [0.15, 0.2) is 6.61 Å². The lowest BCUT2D eigenvalue weighted by Gasteiger charge is -2.05. The lowest BCUT2D eigenvalue weighted by molar-refractivity contribution is -0.143. The first-order valence-electron chi connectivity index (χ1n) is 9.01. The number of hydrogen-bond donors (Lipinski definition) is 1. The molecule has 0 saturated heterocycles. The number of aromatic nitrogens is 2. The summed E-state index contributed by atoms with van der Waals surface area (Å²) in [6.07, 6.45) is 6.35. The first-order chi connectivity index (χ1) is 14.1. The highest BCUT2D eigenvalue weighted by atomic mass is 35.5. The fourth-order valence-electron chi connectivity index (χ4n) is 2.57. The maximum Gasteiger partial charge on any atom is 0.331 e. The van der Waals surface area contributed by atoms with Crippen LogP contribution in [-0.2, 0) is 27.4 Å². The number of rotatable bonds is 8. The number of nitrogens with one attached hydrogen (secondary N) is 1. The molecule has 1 amide bonds. The van der Waals surface area contributed by atoms with Crippen molar-refractivity contribution in [3.63, 3.8) is 0 Å². The highest BCUT2D eigenvalue weighted by molar-refractivity contribution is 6.30. The number of halogens is 1. The van der Waals surface area contributed by atoms with Crippen LogP contribution in [0.15, 0.2) is 73.1 Å². The van der Waals surface area contributed by atoms with Gasteiger partial charge in [0.05, 0.1) is 12.7 Å². The number of ether oxygens (including phenoxy) is 1. The van der Waals surface area contributed by atoms with Crippen LogP contribution in [0.4, 0.5) is 0 Å². The van der Waals surface area contributed by atoms with Crippen LogP contribution in [-0.4, -0.2) is 28.3 Å². The zero-order valence-electron chi connectivity index (χ0n) is 15.6. The molecule has 0 radical (unpaired) electrons. The number of benzene rings is 2. The van der Waals surface area contributed by atoms with Crippen molar-refractivity contribution in [2.24, 2.45) is 0 Å². The fourth-order valence-corrected chi connectivity index (χ4v) is 2.78. The summed E-state index contributed by atoms with van der Waals surface area (Å²) in [6.45, 7) is 0.607. The summed E-state index contributed by atoms with van der Waals surface area (Å²) in [4.78, 5) is 23.6. The van der Waals surface area contributed by atoms with Gasteiger partial charge in [0.25, 0.3) is 5.91 Å². The van der Waals surface area contributed by atoms with Gasteiger partial charge in [-0.3, -0.25) is 9.48 Å². The summed E-state index contributed by atoms with van der Waals surface area (Å²) in [6, 6.07) is 17.1. The number of carbonyl (C=O) groups excluding carboxylic acids is 2. The van der Waals surface area contributed by atoms with Crippen molar-refractivity contribution in [2.75, 3.05) is 6.61 Å². The van der Waals surface area contributed by atoms with Gasteiger partial charge in [0, 0.05) is 29.4 Å². The third kappa shape index (κ3) is 6.93. The number of nitrogens with zero attached hydrogens (tertiary/aromatic N) is 2. The molecule has 0 aliphatic heterocycles. The van der Waals surface area contributed by atoms with Crippen LogP contribution in [0, 0.1) is 0 Å². The lowest BCUT2D eigenvalue weighted by Crippen LogP contribution is -2.28. The fraction of sp³-hybridized carbons (Fsp3) is 0.136. The van der Waals surface area contributed by atoms with Crippen LogP contribution in [0.2, 0.25) is 5.02 Å². The molecule has 1 aromatic heterocycles. The Morgan fingerprint density at radius 3 is 2.69 bits per heavy atom. The van der Waals surface area contributed by atoms with E-state index in [0.717, 1.165) is 16.7 Å². The van der Waals surface area contributed by atoms with Crippen LogP contribution >= 0.6 is 11.6 Å². The van der Waals surface area contributed by atoms with Gasteiger partial charge in [0.1, 0.15) is 0 Å². The maximum absolute atomic E-state index is 11.8. The summed E-state index contributed by atoms with van der Waals surface area (Å²) < 4.78 is 6.73. The van der Waals surface area contributed by atoms with E-state index in [2.05, 4.69) is 10.4 Å². The third-order valence-corrected chi connectivity index (χ3v) is 4.21. The third-order valence-electron chi connectivity index (χ3n) is 3.98. The van der Waals surface area contributed by atoms with Gasteiger partial charge in [-0.2, -0.15) is 5.10 Å². The Balaban J connectivity index is 1.41. The van der Waals surface area contributed by atoms with Crippen molar-refractivity contribution in [1.29, 1.82) is 0 Å². The van der Waals surface area contributed by atoms with Gasteiger partial charge in [0.2, 0.25) is 0 Å². The molecule has 1 heterocycles. The molecule has 1 N–H and O–H groups in total. The van der Waals surface area contributed by atoms with Crippen LogP contribution in [0.1, 0.15) is 16.7 Å². The molecule has 0 aliphatic carbocycles. The molecule has 2 aromatic carbocycles. The topological polar surface area (TPSA) is 73.2 Å². The van der Waals surface area contributed by atoms with Crippen molar-refractivity contribution < 1.29 is 14.3 Å². The summed E-state index contributed by atoms with van der Waals surface area (Å²) in [5.74, 6) is -0.985. The Bertz CT molecular complexity index is 999. The smallest absolute Gasteiger partial charge is 0.331 e. The Labute approximate surface area is 173 Å². The average molecular weight is 410 g/mol. The Morgan fingerprint density at radius 2 is 1.90 bits per heavy atom. The van der Waals surface area contributed by atoms with E-state index in [0.29, 0.717) is 18.1 Å². The Kier molecular flexibility index (Phi) is 7.19. The van der Waals surface area contributed by atoms with Crippen LogP contribution in [0.25, 0.3) is 6.08 Å². The number of esters is 1. The van der Waals surface area contributed by atoms with E-state index in [1.807, 2.05) is 42.6 Å². The molecule has 0 aliphatic rings. The molecular weight excluding hydrogens is 390 g/mol. The SMILES string of the molecule is O=C(COC(=O)/C=C/c1cnn(Cc2ccccc2)c1)NCc1cccc(Cl)c1. The summed E-state index contributed by atoms with van der Waals surface area (Å²) in [5.41, 5.74) is 2.77. The monoisotopic (exact) mass is 409 g/mol. The van der Waals surface area contributed by atoms with Gasteiger partial charge in [-0.15, -0.1) is 0 Å². The van der Waals surface area contributed by atoms with Crippen LogP contribution in [0.5, 0.6) is 0 Å². The van der Waals surface area contributed by atoms with E-state index in [4.69, 9.17) is 16.3 Å². The molecular formula is C22H20ClN3O3. The van der Waals surface area contributed by atoms with Gasteiger partial charge >= 0.3 is 5.97 Å². The van der Waals surface area contributed by atoms with Crippen molar-refractivity contribution in [3.05, 3.63) is 94.8 Å². The second-order valence-electron chi connectivity index (χ2n) is 6.30. The maximum atomic E-state index is 11.8. The molecule has 0 unspecified atom stereocenters. The van der Waals surface area contributed by atoms with Crippen LogP contribution < -0.4 is 5.32 Å². The Hall–Kier alpha value is -3.38. The molecule has 0 spiro atoms. The molecule has 3 rings (SSSR count). The summed E-state index contributed by atoms with van der Waals surface area (Å²) in [7, 11) is 0. The molecule has 0 saturated carbocycles. The number of carbonyl (C=O) groups is 2. The molecule has 6 nitrogen and oxygen atoms in total. The van der Waals surface area contributed by atoms with Gasteiger partial charge in [-0.25, -0.2) is 4.79 Å². The number of amides is 1. The van der Waals surface area contributed by atoms with Crippen molar-refractivity contribution in [1.82, 2.24) is 15.1 Å². The van der Waals surface area contributed by atoms with Crippen molar-refractivity contribution in [2.45, 2.75) is 13.1 Å². The first-order valence-corrected chi connectivity index (χ1v) is 9.38. The minimum Gasteiger partial charge on any atom is -0.452 e. The van der Waals surface area contributed by atoms with Crippen LogP contribution in [0.3, 0.4) is 0 Å². The standard InChI is InChI=1S/C22H20ClN3O3/c23-20-8-4-7-18(11-20)12-24-21(27)16-29-22(28)10-9-19-13-25-26(15-19)14-17-5-2-1-3-6-17/h1-11,13,15H,12,14,16H2,(H,24,27)/b10-9+. The summed E-state index contributed by atoms with van der Waals surface area (Å²) >= 11 is 5.89. The molecule has 7 heteroatoms. The van der Waals surface area contributed by atoms with Crippen molar-refractivity contribution in [3.8, 4) is 0 Å². The summed E-state index contributed by atoms with van der Waals surface area (Å²) in [5, 5.41) is 7.53. The quantitative estimate of drug-likeness (QED) is 0.456. The minimum atomic E-state index is -0.598. The molecule has 148 valence electrons. The van der Waals surface area contributed by atoms with E-state index in [9.17, 15) is 9.59 Å². The zero-order chi connectivity index (χ0) is 20.5. The largest absolute Gasteiger partial charge is 0.452 e. The zero-order valence-corrected chi connectivity index (χ0v) is 16.4. The van der Waals surface area contributed by atoms with E-state index < -0.39 is 5.97 Å². The second kappa shape index (κ2) is 10.2. The van der Waals surface area contributed by atoms with E-state index in [1.165, 1.54) is 6.08 Å². The van der Waals surface area contributed by atoms with Gasteiger partial charge < -0.3 is 10.1 Å². The molecule has 29 heavy (non-hydrogen) atoms. The minimum absolute atomic E-state index is 0.313. The molecule has 3 aromatic rings. The highest BCUT2D eigenvalue weighted by Crippen LogP contribution is 2.10. The predicted octanol–water partition coefficient (Wildman–Crippen LogP) is 3.46. The second-order valence-corrected chi connectivity index (χ2v) is 6.74.